The molecular weight excluding hydrogens is 340 g/mol. The maximum Gasteiger partial charge on any atom is 0.258 e. The molecule has 1 aliphatic heterocycles. The number of carbonyl (C=O) groups excluding carboxylic acids is 2. The number of aromatic nitrogens is 1. The molecule has 2 amide bonds. The van der Waals surface area contributed by atoms with E-state index in [2.05, 4.69) is 16.8 Å². The van der Waals surface area contributed by atoms with E-state index in [0.717, 1.165) is 40.7 Å². The minimum atomic E-state index is -0.372. The van der Waals surface area contributed by atoms with E-state index in [-0.39, 0.29) is 11.8 Å². The topological polar surface area (TPSA) is 60.3 Å². The van der Waals surface area contributed by atoms with Gasteiger partial charge in [0.05, 0.1) is 5.57 Å². The second-order valence-electron chi connectivity index (χ2n) is 6.57. The first-order valence-corrected chi connectivity index (χ1v) is 9.02. The van der Waals surface area contributed by atoms with E-state index in [0.29, 0.717) is 12.2 Å². The van der Waals surface area contributed by atoms with Gasteiger partial charge in [0, 0.05) is 35.3 Å². The molecule has 4 rings (SSSR count). The number of fused-ring (bicyclic) bond motifs is 1. The molecule has 2 aromatic carbocycles. The van der Waals surface area contributed by atoms with E-state index in [1.807, 2.05) is 54.7 Å². The van der Waals surface area contributed by atoms with Gasteiger partial charge in [0.15, 0.2) is 0 Å². The summed E-state index contributed by atoms with van der Waals surface area (Å²) in [5.74, 6) is 0.00112. The molecule has 1 aliphatic rings. The van der Waals surface area contributed by atoms with Gasteiger partial charge in [0.1, 0.15) is 12.4 Å². The molecule has 136 valence electrons. The maximum absolute atomic E-state index is 12.2. The molecule has 0 saturated carbocycles. The first-order chi connectivity index (χ1) is 13.2. The van der Waals surface area contributed by atoms with Crippen LogP contribution in [0.1, 0.15) is 24.5 Å². The van der Waals surface area contributed by atoms with Crippen molar-refractivity contribution in [2.24, 2.45) is 0 Å². The highest BCUT2D eigenvalue weighted by Crippen LogP contribution is 2.32. The van der Waals surface area contributed by atoms with Crippen LogP contribution in [-0.4, -0.2) is 16.4 Å². The molecule has 3 aromatic rings. The van der Waals surface area contributed by atoms with Gasteiger partial charge in [-0.05, 0) is 30.2 Å². The molecule has 0 unspecified atom stereocenters. The summed E-state index contributed by atoms with van der Waals surface area (Å²) in [6.45, 7) is 3.41. The lowest BCUT2D eigenvalue weighted by Crippen LogP contribution is -2.21. The van der Waals surface area contributed by atoms with Crippen molar-refractivity contribution in [3.8, 4) is 5.75 Å². The Morgan fingerprint density at radius 1 is 1.07 bits per heavy atom. The minimum Gasteiger partial charge on any atom is -0.489 e. The molecule has 0 radical (unpaired) electrons. The van der Waals surface area contributed by atoms with Crippen molar-refractivity contribution in [2.45, 2.75) is 26.5 Å². The Kier molecular flexibility index (Phi) is 4.50. The molecule has 0 fully saturated rings. The summed E-state index contributed by atoms with van der Waals surface area (Å²) < 4.78 is 8.05. The van der Waals surface area contributed by atoms with Gasteiger partial charge in [0.25, 0.3) is 11.8 Å². The zero-order chi connectivity index (χ0) is 18.8. The van der Waals surface area contributed by atoms with Crippen molar-refractivity contribution in [3.05, 3.63) is 71.9 Å². The van der Waals surface area contributed by atoms with Crippen molar-refractivity contribution >= 4 is 28.3 Å². The van der Waals surface area contributed by atoms with E-state index in [1.165, 1.54) is 6.08 Å². The van der Waals surface area contributed by atoms with E-state index < -0.39 is 0 Å². The predicted octanol–water partition coefficient (Wildman–Crippen LogP) is 3.67. The summed E-state index contributed by atoms with van der Waals surface area (Å²) in [6.07, 6.45) is 4.28. The third-order valence-electron chi connectivity index (χ3n) is 4.61. The second kappa shape index (κ2) is 7.11. The lowest BCUT2D eigenvalue weighted by molar-refractivity contribution is -0.123. The Balaban J connectivity index is 1.72. The number of rotatable bonds is 6. The zero-order valence-electron chi connectivity index (χ0n) is 15.1. The number of nitrogens with zero attached hydrogens (tertiary/aromatic N) is 1. The highest BCUT2D eigenvalue weighted by molar-refractivity contribution is 6.35. The fraction of sp³-hybridized carbons (Fsp3) is 0.182. The smallest absolute Gasteiger partial charge is 0.258 e. The van der Waals surface area contributed by atoms with Crippen LogP contribution in [0.2, 0.25) is 0 Å². The second-order valence-corrected chi connectivity index (χ2v) is 6.57. The first-order valence-electron chi connectivity index (χ1n) is 9.02. The first kappa shape index (κ1) is 17.1. The van der Waals surface area contributed by atoms with Gasteiger partial charge in [0.2, 0.25) is 0 Å². The molecule has 5 heteroatoms. The van der Waals surface area contributed by atoms with Crippen LogP contribution in [0.5, 0.6) is 5.75 Å². The van der Waals surface area contributed by atoms with Gasteiger partial charge in [-0.2, -0.15) is 0 Å². The number of nitrogens with one attached hydrogen (secondary N) is 1. The minimum absolute atomic E-state index is 0.355. The molecule has 27 heavy (non-hydrogen) atoms. The zero-order valence-corrected chi connectivity index (χ0v) is 15.1. The van der Waals surface area contributed by atoms with Gasteiger partial charge in [-0.15, -0.1) is 0 Å². The van der Waals surface area contributed by atoms with Gasteiger partial charge in [-0.1, -0.05) is 37.3 Å². The predicted molar refractivity (Wildman–Crippen MR) is 104 cm³/mol. The lowest BCUT2D eigenvalue weighted by Gasteiger charge is -2.08. The Morgan fingerprint density at radius 2 is 1.89 bits per heavy atom. The Hall–Kier alpha value is -3.34. The standard InChI is InChI=1S/C22H20N2O3/c1-2-10-24-13-19(18-12-21(25)23-22(18)26)17-11-16(8-9-20(17)24)27-14-15-6-4-3-5-7-15/h3-9,11-13H,2,10,14H2,1H3,(H,23,25,26). The van der Waals surface area contributed by atoms with Crippen molar-refractivity contribution in [1.82, 2.24) is 9.88 Å². The number of imide groups is 1. The highest BCUT2D eigenvalue weighted by Gasteiger charge is 2.25. The number of benzene rings is 2. The Labute approximate surface area is 157 Å². The third kappa shape index (κ3) is 3.36. The van der Waals surface area contributed by atoms with E-state index in [4.69, 9.17) is 4.74 Å². The lowest BCUT2D eigenvalue weighted by atomic mass is 10.1. The molecule has 0 spiro atoms. The molecular formula is C22H20N2O3. The van der Waals surface area contributed by atoms with Gasteiger partial charge < -0.3 is 9.30 Å². The summed E-state index contributed by atoms with van der Waals surface area (Å²) in [7, 11) is 0. The molecule has 0 saturated heterocycles. The Bertz CT molecular complexity index is 1050. The van der Waals surface area contributed by atoms with Crippen LogP contribution >= 0.6 is 0 Å². The Morgan fingerprint density at radius 3 is 2.59 bits per heavy atom. The van der Waals surface area contributed by atoms with Crippen LogP contribution in [0.25, 0.3) is 16.5 Å². The van der Waals surface area contributed by atoms with Gasteiger partial charge in [-0.3, -0.25) is 14.9 Å². The number of hydrogen-bond acceptors (Lipinski definition) is 3. The van der Waals surface area contributed by atoms with Crippen molar-refractivity contribution in [2.75, 3.05) is 0 Å². The summed E-state index contributed by atoms with van der Waals surface area (Å²) >= 11 is 0. The van der Waals surface area contributed by atoms with Crippen LogP contribution in [0.3, 0.4) is 0 Å². The van der Waals surface area contributed by atoms with Crippen LogP contribution in [-0.2, 0) is 22.7 Å². The van der Waals surface area contributed by atoms with E-state index >= 15 is 0 Å². The molecule has 0 atom stereocenters. The third-order valence-corrected chi connectivity index (χ3v) is 4.61. The number of ether oxygens (including phenoxy) is 1. The van der Waals surface area contributed by atoms with E-state index in [1.54, 1.807) is 0 Å². The van der Waals surface area contributed by atoms with Crippen molar-refractivity contribution in [3.63, 3.8) is 0 Å². The molecule has 0 bridgehead atoms. The molecule has 1 N–H and O–H groups in total. The fourth-order valence-corrected chi connectivity index (χ4v) is 3.36. The molecule has 1 aromatic heterocycles. The van der Waals surface area contributed by atoms with Gasteiger partial charge >= 0.3 is 0 Å². The number of aryl methyl sites for hydroxylation is 1. The molecule has 2 heterocycles. The fourth-order valence-electron chi connectivity index (χ4n) is 3.36. The van der Waals surface area contributed by atoms with E-state index in [9.17, 15) is 9.59 Å². The monoisotopic (exact) mass is 360 g/mol. The maximum atomic E-state index is 12.2. The summed E-state index contributed by atoms with van der Waals surface area (Å²) in [6, 6.07) is 15.8. The van der Waals surface area contributed by atoms with Crippen molar-refractivity contribution in [1.29, 1.82) is 0 Å². The molecule has 5 nitrogen and oxygen atoms in total. The van der Waals surface area contributed by atoms with Gasteiger partial charge in [-0.25, -0.2) is 0 Å². The summed E-state index contributed by atoms with van der Waals surface area (Å²) in [4.78, 5) is 23.7. The van der Waals surface area contributed by atoms with Crippen LogP contribution < -0.4 is 10.1 Å². The van der Waals surface area contributed by atoms with Crippen LogP contribution in [0, 0.1) is 0 Å². The average molecular weight is 360 g/mol. The largest absolute Gasteiger partial charge is 0.489 e. The highest BCUT2D eigenvalue weighted by atomic mass is 16.5. The summed E-state index contributed by atoms with van der Waals surface area (Å²) in [5.41, 5.74) is 3.27. The number of hydrogen-bond donors (Lipinski definition) is 1. The van der Waals surface area contributed by atoms with Crippen molar-refractivity contribution < 1.29 is 14.3 Å². The SMILES string of the molecule is CCCn1cc(C2=CC(=O)NC2=O)c2cc(OCc3ccccc3)ccc21. The summed E-state index contributed by atoms with van der Waals surface area (Å²) in [5, 5.41) is 3.23. The molecule has 0 aliphatic carbocycles. The average Bonchev–Trinajstić information content (AvgIpc) is 3.20. The quantitative estimate of drug-likeness (QED) is 0.682. The number of carbonyl (C=O) groups is 2. The number of amides is 2. The van der Waals surface area contributed by atoms with Crippen LogP contribution in [0.15, 0.2) is 60.8 Å². The van der Waals surface area contributed by atoms with Crippen LogP contribution in [0.4, 0.5) is 0 Å². The normalized spacial score (nSPS) is 13.7.